The molecule has 0 aliphatic heterocycles. The molecule has 0 radical (unpaired) electrons. The number of para-hydroxylation sites is 1. The smallest absolute Gasteiger partial charge is 0.277 e. The molecule has 0 saturated heterocycles. The van der Waals surface area contributed by atoms with Gasteiger partial charge in [0.2, 0.25) is 0 Å². The van der Waals surface area contributed by atoms with E-state index in [4.69, 9.17) is 16.3 Å². The number of hydrogen-bond donors (Lipinski definition) is 0. The predicted molar refractivity (Wildman–Crippen MR) is 97.4 cm³/mol. The van der Waals surface area contributed by atoms with E-state index in [1.165, 1.54) is 17.4 Å². The second kappa shape index (κ2) is 6.63. The molecule has 3 rings (SSSR count). The van der Waals surface area contributed by atoms with Crippen LogP contribution >= 0.6 is 22.9 Å². The van der Waals surface area contributed by atoms with Crippen LogP contribution in [0.2, 0.25) is 5.02 Å². The summed E-state index contributed by atoms with van der Waals surface area (Å²) >= 11 is 7.56. The number of nitrogens with zero attached hydrogens (tertiary/aromatic N) is 1. The van der Waals surface area contributed by atoms with E-state index in [-0.39, 0.29) is 10.6 Å². The summed E-state index contributed by atoms with van der Waals surface area (Å²) < 4.78 is 6.03. The predicted octanol–water partition coefficient (Wildman–Crippen LogP) is 6.39. The van der Waals surface area contributed by atoms with Gasteiger partial charge in [0.25, 0.3) is 5.69 Å². The molecule has 4 nitrogen and oxygen atoms in total. The third kappa shape index (κ3) is 3.13. The van der Waals surface area contributed by atoms with E-state index >= 15 is 0 Å². The number of hydrogen-bond acceptors (Lipinski definition) is 4. The molecule has 0 N–H and O–H groups in total. The van der Waals surface area contributed by atoms with Gasteiger partial charge >= 0.3 is 0 Å². The Kier molecular flexibility index (Phi) is 4.55. The van der Waals surface area contributed by atoms with Gasteiger partial charge in [-0.1, -0.05) is 23.7 Å². The molecule has 0 aliphatic carbocycles. The molecule has 0 spiro atoms. The number of benzene rings is 2. The second-order valence-electron chi connectivity index (χ2n) is 5.39. The van der Waals surface area contributed by atoms with Gasteiger partial charge in [-0.2, -0.15) is 0 Å². The fraction of sp³-hybridized carbons (Fsp3) is 0.111. The van der Waals surface area contributed by atoms with Gasteiger partial charge in [0, 0.05) is 27.4 Å². The maximum absolute atomic E-state index is 11.3. The van der Waals surface area contributed by atoms with Crippen LogP contribution in [0.1, 0.15) is 11.1 Å². The van der Waals surface area contributed by atoms with Crippen molar-refractivity contribution in [1.29, 1.82) is 0 Å². The summed E-state index contributed by atoms with van der Waals surface area (Å²) in [6.07, 6.45) is 0. The van der Waals surface area contributed by atoms with Crippen molar-refractivity contribution in [3.05, 3.63) is 73.4 Å². The number of rotatable bonds is 4. The summed E-state index contributed by atoms with van der Waals surface area (Å²) in [5.74, 6) is 1.29. The maximum atomic E-state index is 11.3. The average molecular weight is 360 g/mol. The zero-order valence-electron chi connectivity index (χ0n) is 13.1. The summed E-state index contributed by atoms with van der Waals surface area (Å²) in [4.78, 5) is 10.9. The van der Waals surface area contributed by atoms with Crippen LogP contribution in [0.3, 0.4) is 0 Å². The van der Waals surface area contributed by atoms with Crippen molar-refractivity contribution >= 4 is 28.6 Å². The van der Waals surface area contributed by atoms with Crippen LogP contribution < -0.4 is 4.74 Å². The number of thiophene rings is 1. The minimum Gasteiger partial charge on any atom is -0.456 e. The lowest BCUT2D eigenvalue weighted by atomic mass is 10.1. The second-order valence-corrected chi connectivity index (χ2v) is 6.54. The number of nitro benzene ring substituents is 1. The Morgan fingerprint density at radius 2 is 1.79 bits per heavy atom. The van der Waals surface area contributed by atoms with Crippen molar-refractivity contribution in [3.63, 3.8) is 0 Å². The third-order valence-corrected chi connectivity index (χ3v) is 4.82. The molecule has 0 aliphatic rings. The Balaban J connectivity index is 2.04. The molecular formula is C18H14ClNO3S. The molecule has 1 heterocycles. The van der Waals surface area contributed by atoms with E-state index in [1.54, 1.807) is 18.2 Å². The first-order valence-corrected chi connectivity index (χ1v) is 8.54. The fourth-order valence-corrected chi connectivity index (χ4v) is 3.37. The van der Waals surface area contributed by atoms with Crippen LogP contribution in [0.4, 0.5) is 5.69 Å². The molecule has 6 heteroatoms. The molecule has 3 aromatic rings. The van der Waals surface area contributed by atoms with Crippen molar-refractivity contribution < 1.29 is 9.66 Å². The topological polar surface area (TPSA) is 52.4 Å². The van der Waals surface area contributed by atoms with Gasteiger partial charge in [-0.15, -0.1) is 11.3 Å². The van der Waals surface area contributed by atoms with E-state index in [0.29, 0.717) is 27.6 Å². The summed E-state index contributed by atoms with van der Waals surface area (Å²) in [6.45, 7) is 3.82. The highest BCUT2D eigenvalue weighted by molar-refractivity contribution is 7.08. The molecule has 1 aromatic heterocycles. The Labute approximate surface area is 148 Å². The van der Waals surface area contributed by atoms with Crippen molar-refractivity contribution in [2.45, 2.75) is 13.8 Å². The SMILES string of the molecule is Cc1cc(Oc2cscc2-c2ccccc2[N+](=O)[O-])c(C)cc1Cl. The molecule has 0 fully saturated rings. The number of nitro groups is 1. The minimum absolute atomic E-state index is 0.0600. The molecule has 0 bridgehead atoms. The van der Waals surface area contributed by atoms with Gasteiger partial charge < -0.3 is 4.74 Å². The first-order valence-electron chi connectivity index (χ1n) is 7.22. The van der Waals surface area contributed by atoms with E-state index < -0.39 is 0 Å². The average Bonchev–Trinajstić information content (AvgIpc) is 3.00. The molecule has 0 atom stereocenters. The standard InChI is InChI=1S/C18H14ClNO3S/c1-11-8-17(12(2)7-15(11)19)23-18-10-24-9-14(18)13-5-3-4-6-16(13)20(21)22/h3-10H,1-2H3. The molecular weight excluding hydrogens is 346 g/mol. The van der Waals surface area contributed by atoms with Crippen LogP contribution in [-0.4, -0.2) is 4.92 Å². The highest BCUT2D eigenvalue weighted by atomic mass is 35.5. The summed E-state index contributed by atoms with van der Waals surface area (Å²) in [5.41, 5.74) is 3.14. The van der Waals surface area contributed by atoms with Gasteiger partial charge in [0.15, 0.2) is 0 Å². The van der Waals surface area contributed by atoms with Crippen LogP contribution in [0, 0.1) is 24.0 Å². The fourth-order valence-electron chi connectivity index (χ4n) is 2.40. The van der Waals surface area contributed by atoms with Crippen molar-refractivity contribution in [1.82, 2.24) is 0 Å². The van der Waals surface area contributed by atoms with Crippen LogP contribution in [0.15, 0.2) is 47.2 Å². The highest BCUT2D eigenvalue weighted by Gasteiger charge is 2.19. The van der Waals surface area contributed by atoms with E-state index in [0.717, 1.165) is 11.1 Å². The lowest BCUT2D eigenvalue weighted by molar-refractivity contribution is -0.384. The first kappa shape index (κ1) is 16.5. The summed E-state index contributed by atoms with van der Waals surface area (Å²) in [5, 5.41) is 15.7. The Morgan fingerprint density at radius 3 is 2.54 bits per heavy atom. The Bertz CT molecular complexity index is 920. The van der Waals surface area contributed by atoms with Gasteiger partial charge in [0.1, 0.15) is 11.5 Å². The lowest BCUT2D eigenvalue weighted by Crippen LogP contribution is -1.93. The van der Waals surface area contributed by atoms with Crippen LogP contribution in [-0.2, 0) is 0 Å². The van der Waals surface area contributed by atoms with Crippen molar-refractivity contribution in [2.24, 2.45) is 0 Å². The highest BCUT2D eigenvalue weighted by Crippen LogP contribution is 2.41. The summed E-state index contributed by atoms with van der Waals surface area (Å²) in [6, 6.07) is 10.4. The zero-order valence-corrected chi connectivity index (χ0v) is 14.6. The minimum atomic E-state index is -0.380. The normalized spacial score (nSPS) is 10.6. The van der Waals surface area contributed by atoms with Crippen LogP contribution in [0.25, 0.3) is 11.1 Å². The van der Waals surface area contributed by atoms with Gasteiger partial charge in [-0.25, -0.2) is 0 Å². The van der Waals surface area contributed by atoms with Crippen molar-refractivity contribution in [2.75, 3.05) is 0 Å². The Morgan fingerprint density at radius 1 is 1.04 bits per heavy atom. The quantitative estimate of drug-likeness (QED) is 0.400. The van der Waals surface area contributed by atoms with Gasteiger partial charge in [0.05, 0.1) is 10.5 Å². The molecule has 0 unspecified atom stereocenters. The molecule has 0 amide bonds. The van der Waals surface area contributed by atoms with Gasteiger partial charge in [-0.3, -0.25) is 10.1 Å². The molecule has 2 aromatic carbocycles. The number of halogens is 1. The van der Waals surface area contributed by atoms with Crippen molar-refractivity contribution in [3.8, 4) is 22.6 Å². The van der Waals surface area contributed by atoms with Crippen LogP contribution in [0.5, 0.6) is 11.5 Å². The monoisotopic (exact) mass is 359 g/mol. The van der Waals surface area contributed by atoms with Gasteiger partial charge in [-0.05, 0) is 43.2 Å². The van der Waals surface area contributed by atoms with E-state index in [2.05, 4.69) is 0 Å². The van der Waals surface area contributed by atoms with E-state index in [1.807, 2.05) is 36.7 Å². The summed E-state index contributed by atoms with van der Waals surface area (Å²) in [7, 11) is 0. The molecule has 122 valence electrons. The van der Waals surface area contributed by atoms with E-state index in [9.17, 15) is 10.1 Å². The maximum Gasteiger partial charge on any atom is 0.277 e. The third-order valence-electron chi connectivity index (χ3n) is 3.69. The first-order chi connectivity index (χ1) is 11.5. The largest absolute Gasteiger partial charge is 0.456 e. The lowest BCUT2D eigenvalue weighted by Gasteiger charge is -2.11. The molecule has 24 heavy (non-hydrogen) atoms. The number of ether oxygens (including phenoxy) is 1. The zero-order chi connectivity index (χ0) is 17.3. The number of aryl methyl sites for hydroxylation is 2. The Hall–Kier alpha value is -2.37. The molecule has 0 saturated carbocycles.